The van der Waals surface area contributed by atoms with Gasteiger partial charge in [-0.25, -0.2) is 0 Å². The highest BCUT2D eigenvalue weighted by atomic mass is 19.4. The van der Waals surface area contributed by atoms with E-state index in [1.807, 2.05) is 0 Å². The van der Waals surface area contributed by atoms with Crippen molar-refractivity contribution in [2.75, 3.05) is 26.8 Å². The molecular formula is C11H19F3N2O2. The minimum absolute atomic E-state index is 0.00660. The molecule has 7 heteroatoms. The summed E-state index contributed by atoms with van der Waals surface area (Å²) in [5.41, 5.74) is 0. The van der Waals surface area contributed by atoms with Crippen molar-refractivity contribution in [3.05, 3.63) is 0 Å². The molecule has 0 aliphatic carbocycles. The van der Waals surface area contributed by atoms with E-state index in [0.29, 0.717) is 19.6 Å². The highest BCUT2D eigenvalue weighted by Crippen LogP contribution is 2.31. The summed E-state index contributed by atoms with van der Waals surface area (Å²) in [6.45, 7) is 0.849. The first kappa shape index (κ1) is 15.2. The van der Waals surface area contributed by atoms with Crippen LogP contribution in [0.2, 0.25) is 0 Å². The molecule has 2 unspecified atom stereocenters. The smallest absolute Gasteiger partial charge is 0.385 e. The van der Waals surface area contributed by atoms with Gasteiger partial charge in [-0.15, -0.1) is 0 Å². The number of methoxy groups -OCH3 is 1. The number of carbonyl (C=O) groups excluding carboxylic acids is 1. The number of hydrogen-bond acceptors (Lipinski definition) is 3. The molecule has 2 atom stereocenters. The molecule has 1 heterocycles. The molecule has 0 bridgehead atoms. The predicted octanol–water partition coefficient (Wildman–Crippen LogP) is 1.07. The Hall–Kier alpha value is -0.820. The second-order valence-corrected chi connectivity index (χ2v) is 4.41. The van der Waals surface area contributed by atoms with Crippen LogP contribution in [0.5, 0.6) is 0 Å². The van der Waals surface area contributed by atoms with Crippen LogP contribution < -0.4 is 10.6 Å². The molecule has 1 fully saturated rings. The van der Waals surface area contributed by atoms with E-state index in [9.17, 15) is 18.0 Å². The van der Waals surface area contributed by atoms with Gasteiger partial charge in [-0.1, -0.05) is 0 Å². The Morgan fingerprint density at radius 1 is 1.44 bits per heavy atom. The van der Waals surface area contributed by atoms with Crippen LogP contribution in [0, 0.1) is 5.92 Å². The Morgan fingerprint density at radius 2 is 2.17 bits per heavy atom. The Balaban J connectivity index is 2.23. The number of nitrogens with one attached hydrogen (secondary N) is 2. The summed E-state index contributed by atoms with van der Waals surface area (Å²) in [6.07, 6.45) is -3.25. The fourth-order valence-corrected chi connectivity index (χ4v) is 1.91. The monoisotopic (exact) mass is 268 g/mol. The molecule has 0 aromatic rings. The summed E-state index contributed by atoms with van der Waals surface area (Å²) < 4.78 is 42.0. The minimum Gasteiger partial charge on any atom is -0.385 e. The van der Waals surface area contributed by atoms with E-state index in [0.717, 1.165) is 0 Å². The minimum atomic E-state index is -4.17. The van der Waals surface area contributed by atoms with Gasteiger partial charge in [-0.2, -0.15) is 13.2 Å². The van der Waals surface area contributed by atoms with Gasteiger partial charge in [0, 0.05) is 26.8 Å². The highest BCUT2D eigenvalue weighted by Gasteiger charge is 2.42. The average Bonchev–Trinajstić information content (AvgIpc) is 2.33. The summed E-state index contributed by atoms with van der Waals surface area (Å²) in [5, 5.41) is 5.33. The molecule has 0 aromatic heterocycles. The van der Waals surface area contributed by atoms with E-state index >= 15 is 0 Å². The molecule has 1 aliphatic rings. The van der Waals surface area contributed by atoms with Crippen LogP contribution in [-0.2, 0) is 9.53 Å². The molecule has 18 heavy (non-hydrogen) atoms. The van der Waals surface area contributed by atoms with Crippen molar-refractivity contribution >= 4 is 5.91 Å². The van der Waals surface area contributed by atoms with Gasteiger partial charge in [0.1, 0.15) is 0 Å². The SMILES string of the molecule is COCCCNC(=O)C1CCC(C(F)(F)F)CN1. The molecule has 2 N–H and O–H groups in total. The maximum absolute atomic E-state index is 12.4. The predicted molar refractivity (Wildman–Crippen MR) is 60.1 cm³/mol. The van der Waals surface area contributed by atoms with Crippen molar-refractivity contribution in [2.24, 2.45) is 5.92 Å². The fraction of sp³-hybridized carbons (Fsp3) is 0.909. The molecule has 0 spiro atoms. The molecule has 1 aliphatic heterocycles. The molecule has 1 rings (SSSR count). The van der Waals surface area contributed by atoms with Gasteiger partial charge >= 0.3 is 6.18 Å². The summed E-state index contributed by atoms with van der Waals surface area (Å²) in [4.78, 5) is 11.6. The van der Waals surface area contributed by atoms with E-state index in [1.165, 1.54) is 0 Å². The molecule has 0 radical (unpaired) electrons. The number of carbonyl (C=O) groups is 1. The number of piperidine rings is 1. The van der Waals surface area contributed by atoms with Crippen molar-refractivity contribution < 1.29 is 22.7 Å². The lowest BCUT2D eigenvalue weighted by Gasteiger charge is -2.30. The van der Waals surface area contributed by atoms with Crippen molar-refractivity contribution in [3.8, 4) is 0 Å². The number of halogens is 3. The first-order valence-electron chi connectivity index (χ1n) is 6.02. The highest BCUT2D eigenvalue weighted by molar-refractivity contribution is 5.81. The second-order valence-electron chi connectivity index (χ2n) is 4.41. The summed E-state index contributed by atoms with van der Waals surface area (Å²) in [7, 11) is 1.57. The van der Waals surface area contributed by atoms with Crippen LogP contribution in [0.15, 0.2) is 0 Å². The number of hydrogen-bond donors (Lipinski definition) is 2. The Kier molecular flexibility index (Phi) is 5.87. The Bertz CT molecular complexity index is 264. The van der Waals surface area contributed by atoms with Crippen molar-refractivity contribution in [1.29, 1.82) is 0 Å². The molecule has 4 nitrogen and oxygen atoms in total. The number of rotatable bonds is 5. The van der Waals surface area contributed by atoms with E-state index in [2.05, 4.69) is 10.6 Å². The zero-order valence-corrected chi connectivity index (χ0v) is 10.3. The zero-order chi connectivity index (χ0) is 13.6. The van der Waals surface area contributed by atoms with Crippen LogP contribution in [0.1, 0.15) is 19.3 Å². The standard InChI is InChI=1S/C11H19F3N2O2/c1-18-6-2-5-15-10(17)9-4-3-8(7-16-9)11(12,13)14/h8-9,16H,2-7H2,1H3,(H,15,17). The van der Waals surface area contributed by atoms with Crippen molar-refractivity contribution in [2.45, 2.75) is 31.5 Å². The quantitative estimate of drug-likeness (QED) is 0.733. The molecular weight excluding hydrogens is 249 g/mol. The summed E-state index contributed by atoms with van der Waals surface area (Å²) >= 11 is 0. The van der Waals surface area contributed by atoms with E-state index < -0.39 is 18.1 Å². The van der Waals surface area contributed by atoms with Gasteiger partial charge in [-0.05, 0) is 19.3 Å². The van der Waals surface area contributed by atoms with E-state index in [1.54, 1.807) is 7.11 Å². The average molecular weight is 268 g/mol. The second kappa shape index (κ2) is 6.94. The van der Waals surface area contributed by atoms with Crippen LogP contribution in [-0.4, -0.2) is 44.9 Å². The molecule has 1 saturated heterocycles. The van der Waals surface area contributed by atoms with Crippen LogP contribution >= 0.6 is 0 Å². The lowest BCUT2D eigenvalue weighted by molar-refractivity contribution is -0.180. The first-order valence-corrected chi connectivity index (χ1v) is 6.02. The summed E-state index contributed by atoms with van der Waals surface area (Å²) in [6, 6.07) is -0.508. The molecule has 0 saturated carbocycles. The van der Waals surface area contributed by atoms with Crippen LogP contribution in [0.25, 0.3) is 0 Å². The summed E-state index contributed by atoms with van der Waals surface area (Å²) in [5.74, 6) is -1.57. The van der Waals surface area contributed by atoms with Crippen molar-refractivity contribution in [3.63, 3.8) is 0 Å². The topological polar surface area (TPSA) is 50.4 Å². The Labute approximate surface area is 104 Å². The maximum Gasteiger partial charge on any atom is 0.393 e. The zero-order valence-electron chi connectivity index (χ0n) is 10.3. The van der Waals surface area contributed by atoms with Crippen LogP contribution in [0.3, 0.4) is 0 Å². The van der Waals surface area contributed by atoms with Crippen molar-refractivity contribution in [1.82, 2.24) is 10.6 Å². The lowest BCUT2D eigenvalue weighted by atomic mass is 9.94. The molecule has 0 aromatic carbocycles. The van der Waals surface area contributed by atoms with Gasteiger partial charge in [0.15, 0.2) is 0 Å². The number of alkyl halides is 3. The maximum atomic E-state index is 12.4. The third kappa shape index (κ3) is 4.81. The van der Waals surface area contributed by atoms with Crippen LogP contribution in [0.4, 0.5) is 13.2 Å². The van der Waals surface area contributed by atoms with E-state index in [-0.39, 0.29) is 25.3 Å². The third-order valence-corrected chi connectivity index (χ3v) is 3.02. The van der Waals surface area contributed by atoms with Gasteiger partial charge in [-0.3, -0.25) is 4.79 Å². The molecule has 106 valence electrons. The third-order valence-electron chi connectivity index (χ3n) is 3.02. The first-order chi connectivity index (χ1) is 8.45. The largest absolute Gasteiger partial charge is 0.393 e. The fourth-order valence-electron chi connectivity index (χ4n) is 1.91. The number of ether oxygens (including phenoxy) is 1. The van der Waals surface area contributed by atoms with Gasteiger partial charge in [0.25, 0.3) is 0 Å². The lowest BCUT2D eigenvalue weighted by Crippen LogP contribution is -2.51. The van der Waals surface area contributed by atoms with Gasteiger partial charge in [0.05, 0.1) is 12.0 Å². The number of amides is 1. The Morgan fingerprint density at radius 3 is 2.67 bits per heavy atom. The van der Waals surface area contributed by atoms with Gasteiger partial charge in [0.2, 0.25) is 5.91 Å². The van der Waals surface area contributed by atoms with Gasteiger partial charge < -0.3 is 15.4 Å². The molecule has 1 amide bonds. The normalized spacial score (nSPS) is 24.9. The van der Waals surface area contributed by atoms with E-state index in [4.69, 9.17) is 4.74 Å².